The van der Waals surface area contributed by atoms with Gasteiger partial charge in [-0.25, -0.2) is 0 Å². The molecule has 1 aromatic rings. The van der Waals surface area contributed by atoms with Crippen LogP contribution in [-0.2, 0) is 0 Å². The van der Waals surface area contributed by atoms with E-state index in [9.17, 15) is 4.79 Å². The van der Waals surface area contributed by atoms with Crippen molar-refractivity contribution < 1.29 is 4.79 Å². The zero-order valence-corrected chi connectivity index (χ0v) is 13.7. The lowest BCUT2D eigenvalue weighted by molar-refractivity contribution is 0.0736. The molecule has 0 bridgehead atoms. The Labute approximate surface area is 126 Å². The van der Waals surface area contributed by atoms with Crippen molar-refractivity contribution >= 4 is 17.2 Å². The fraction of sp³-hybridized carbons (Fsp3) is 0.688. The van der Waals surface area contributed by atoms with Gasteiger partial charge in [0.25, 0.3) is 5.91 Å². The number of nitrogens with zero attached hydrogens (tertiary/aromatic N) is 1. The van der Waals surface area contributed by atoms with Crippen LogP contribution in [0.3, 0.4) is 0 Å². The van der Waals surface area contributed by atoms with Crippen molar-refractivity contribution in [1.82, 2.24) is 10.2 Å². The molecule has 2 heterocycles. The van der Waals surface area contributed by atoms with Crippen molar-refractivity contribution in [3.05, 3.63) is 21.4 Å². The molecule has 1 unspecified atom stereocenters. The van der Waals surface area contributed by atoms with Crippen molar-refractivity contribution in [1.29, 1.82) is 0 Å². The molecule has 0 aliphatic carbocycles. The molecule has 112 valence electrons. The molecule has 20 heavy (non-hydrogen) atoms. The van der Waals surface area contributed by atoms with Gasteiger partial charge in [0.2, 0.25) is 0 Å². The van der Waals surface area contributed by atoms with Gasteiger partial charge in [-0.2, -0.15) is 0 Å². The summed E-state index contributed by atoms with van der Waals surface area (Å²) in [5, 5.41) is 3.54. The lowest BCUT2D eigenvalue weighted by Crippen LogP contribution is -2.45. The molecule has 1 saturated heterocycles. The van der Waals surface area contributed by atoms with Crippen molar-refractivity contribution in [3.8, 4) is 0 Å². The van der Waals surface area contributed by atoms with Crippen LogP contribution in [0.25, 0.3) is 0 Å². The molecule has 4 heteroatoms. The average Bonchev–Trinajstić information content (AvgIpc) is 2.78. The molecular formula is C16H26N2OS. The van der Waals surface area contributed by atoms with Crippen LogP contribution in [0.4, 0.5) is 0 Å². The average molecular weight is 294 g/mol. The van der Waals surface area contributed by atoms with Crippen LogP contribution < -0.4 is 5.32 Å². The predicted molar refractivity (Wildman–Crippen MR) is 85.6 cm³/mol. The van der Waals surface area contributed by atoms with Crippen LogP contribution in [0.15, 0.2) is 6.07 Å². The van der Waals surface area contributed by atoms with Gasteiger partial charge in [-0.1, -0.05) is 13.3 Å². The van der Waals surface area contributed by atoms with E-state index in [1.54, 1.807) is 11.3 Å². The fourth-order valence-corrected chi connectivity index (χ4v) is 3.73. The van der Waals surface area contributed by atoms with Crippen molar-refractivity contribution in [2.45, 2.75) is 52.5 Å². The Kier molecular flexibility index (Phi) is 5.61. The second-order valence-electron chi connectivity index (χ2n) is 5.75. The van der Waals surface area contributed by atoms with Crippen LogP contribution in [0.1, 0.15) is 52.7 Å². The molecule has 0 aromatic carbocycles. The molecule has 0 radical (unpaired) electrons. The minimum atomic E-state index is 0.209. The first-order valence-corrected chi connectivity index (χ1v) is 8.53. The maximum absolute atomic E-state index is 12.7. The molecule has 1 amide bonds. The number of amides is 1. The largest absolute Gasteiger partial charge is 0.336 e. The predicted octanol–water partition coefficient (Wildman–Crippen LogP) is 3.36. The monoisotopic (exact) mass is 294 g/mol. The lowest BCUT2D eigenvalue weighted by atomic mass is 10.0. The Morgan fingerprint density at radius 1 is 1.45 bits per heavy atom. The molecule has 0 spiro atoms. The normalized spacial score (nSPS) is 19.1. The third-order valence-electron chi connectivity index (χ3n) is 4.01. The van der Waals surface area contributed by atoms with Crippen molar-refractivity contribution in [2.75, 3.05) is 19.6 Å². The summed E-state index contributed by atoms with van der Waals surface area (Å²) in [6.07, 6.45) is 4.75. The number of carbonyl (C=O) groups excluding carboxylic acids is 1. The van der Waals surface area contributed by atoms with E-state index >= 15 is 0 Å². The van der Waals surface area contributed by atoms with Gasteiger partial charge >= 0.3 is 0 Å². The minimum absolute atomic E-state index is 0.209. The van der Waals surface area contributed by atoms with Gasteiger partial charge in [-0.15, -0.1) is 11.3 Å². The Balaban J connectivity index is 2.04. The van der Waals surface area contributed by atoms with Crippen molar-refractivity contribution in [2.24, 2.45) is 0 Å². The zero-order chi connectivity index (χ0) is 14.5. The molecule has 3 nitrogen and oxygen atoms in total. The molecule has 0 saturated carbocycles. The third kappa shape index (κ3) is 3.83. The standard InChI is InChI=1S/C16H26N2OS/c1-4-9-18(11-14-7-5-6-8-17-14)16(19)15-10-12(2)13(3)20-15/h10,14,17H,4-9,11H2,1-3H3. The van der Waals surface area contributed by atoms with E-state index in [1.165, 1.54) is 29.7 Å². The van der Waals surface area contributed by atoms with Crippen molar-refractivity contribution in [3.63, 3.8) is 0 Å². The fourth-order valence-electron chi connectivity index (χ4n) is 2.73. The number of carbonyl (C=O) groups is 1. The summed E-state index contributed by atoms with van der Waals surface area (Å²) in [4.78, 5) is 16.9. The highest BCUT2D eigenvalue weighted by molar-refractivity contribution is 7.14. The number of nitrogens with one attached hydrogen (secondary N) is 1. The Morgan fingerprint density at radius 3 is 2.80 bits per heavy atom. The molecule has 1 aliphatic heterocycles. The summed E-state index contributed by atoms with van der Waals surface area (Å²) in [5.74, 6) is 0.209. The van der Waals surface area contributed by atoms with Crippen LogP contribution >= 0.6 is 11.3 Å². The SMILES string of the molecule is CCCN(CC1CCCCN1)C(=O)c1cc(C)c(C)s1. The molecule has 1 aliphatic rings. The molecule has 1 N–H and O–H groups in total. The van der Waals surface area contributed by atoms with Crippen LogP contribution in [0, 0.1) is 13.8 Å². The number of hydrogen-bond donors (Lipinski definition) is 1. The molecule has 1 atom stereocenters. The summed E-state index contributed by atoms with van der Waals surface area (Å²) in [6.45, 7) is 9.10. The topological polar surface area (TPSA) is 32.3 Å². The van der Waals surface area contributed by atoms with Gasteiger partial charge < -0.3 is 10.2 Å². The summed E-state index contributed by atoms with van der Waals surface area (Å²) in [5.41, 5.74) is 1.23. The Bertz CT molecular complexity index is 430. The maximum atomic E-state index is 12.7. The van der Waals surface area contributed by atoms with E-state index < -0.39 is 0 Å². The van der Waals surface area contributed by atoms with Crippen LogP contribution in [-0.4, -0.2) is 36.5 Å². The molecule has 1 fully saturated rings. The first-order chi connectivity index (χ1) is 9.61. The van der Waals surface area contributed by atoms with Gasteiger partial charge in [0.15, 0.2) is 0 Å². The van der Waals surface area contributed by atoms with E-state index in [4.69, 9.17) is 0 Å². The van der Waals surface area contributed by atoms with Gasteiger partial charge in [0, 0.05) is 24.0 Å². The van der Waals surface area contributed by atoms with E-state index in [2.05, 4.69) is 26.1 Å². The minimum Gasteiger partial charge on any atom is -0.336 e. The number of rotatable bonds is 5. The zero-order valence-electron chi connectivity index (χ0n) is 12.9. The number of aryl methyl sites for hydroxylation is 2. The summed E-state index contributed by atoms with van der Waals surface area (Å²) in [7, 11) is 0. The lowest BCUT2D eigenvalue weighted by Gasteiger charge is -2.30. The van der Waals surface area contributed by atoms with Crippen LogP contribution in [0.2, 0.25) is 0 Å². The van der Waals surface area contributed by atoms with Gasteiger partial charge in [0.1, 0.15) is 0 Å². The second kappa shape index (κ2) is 7.23. The van der Waals surface area contributed by atoms with E-state index in [-0.39, 0.29) is 5.91 Å². The second-order valence-corrected chi connectivity index (χ2v) is 7.00. The first-order valence-electron chi connectivity index (χ1n) is 7.71. The Hall–Kier alpha value is -0.870. The smallest absolute Gasteiger partial charge is 0.263 e. The summed E-state index contributed by atoms with van der Waals surface area (Å²) >= 11 is 1.63. The number of piperidine rings is 1. The van der Waals surface area contributed by atoms with Gasteiger partial charge in [0.05, 0.1) is 4.88 Å². The van der Waals surface area contributed by atoms with Gasteiger partial charge in [-0.3, -0.25) is 4.79 Å². The molecule has 1 aromatic heterocycles. The quantitative estimate of drug-likeness (QED) is 0.903. The molecular weight excluding hydrogens is 268 g/mol. The highest BCUT2D eigenvalue weighted by Crippen LogP contribution is 2.22. The number of hydrogen-bond acceptors (Lipinski definition) is 3. The Morgan fingerprint density at radius 2 is 2.25 bits per heavy atom. The number of thiophene rings is 1. The maximum Gasteiger partial charge on any atom is 0.263 e. The summed E-state index contributed by atoms with van der Waals surface area (Å²) in [6, 6.07) is 2.51. The van der Waals surface area contributed by atoms with Crippen LogP contribution in [0.5, 0.6) is 0 Å². The highest BCUT2D eigenvalue weighted by Gasteiger charge is 2.22. The highest BCUT2D eigenvalue weighted by atomic mass is 32.1. The first kappa shape index (κ1) is 15.5. The summed E-state index contributed by atoms with van der Waals surface area (Å²) < 4.78 is 0. The van der Waals surface area contributed by atoms with E-state index in [1.807, 2.05) is 11.0 Å². The van der Waals surface area contributed by atoms with E-state index in [0.717, 1.165) is 30.9 Å². The third-order valence-corrected chi connectivity index (χ3v) is 5.15. The van der Waals surface area contributed by atoms with E-state index in [0.29, 0.717) is 6.04 Å². The molecule has 2 rings (SSSR count). The van der Waals surface area contributed by atoms with Gasteiger partial charge in [-0.05, 0) is 51.3 Å².